The van der Waals surface area contributed by atoms with Crippen molar-refractivity contribution in [2.75, 3.05) is 10.7 Å². The Morgan fingerprint density at radius 3 is 2.71 bits per heavy atom. The number of allylic oxidation sites excluding steroid dienone is 3. The average Bonchev–Trinajstić information content (AvgIpc) is 3.55. The van der Waals surface area contributed by atoms with Crippen LogP contribution in [0.1, 0.15) is 47.1 Å². The van der Waals surface area contributed by atoms with Crippen molar-refractivity contribution in [1.29, 1.82) is 5.26 Å². The molecule has 38 heavy (non-hydrogen) atoms. The Bertz CT molecular complexity index is 1560. The molecule has 3 aromatic rings. The number of rotatable bonds is 7. The van der Waals surface area contributed by atoms with Crippen LogP contribution >= 0.6 is 23.1 Å². The fourth-order valence-corrected chi connectivity index (χ4v) is 6.30. The molecule has 192 valence electrons. The molecule has 11 nitrogen and oxygen atoms in total. The fourth-order valence-electron chi connectivity index (χ4n) is 4.53. The molecule has 2 aromatic heterocycles. The number of benzene rings is 1. The number of carbonyl (C=O) groups excluding carboxylic acids is 2. The first-order chi connectivity index (χ1) is 18.3. The zero-order valence-corrected chi connectivity index (χ0v) is 21.7. The van der Waals surface area contributed by atoms with Gasteiger partial charge in [0, 0.05) is 35.4 Å². The van der Waals surface area contributed by atoms with Crippen molar-refractivity contribution in [3.05, 3.63) is 86.3 Å². The highest BCUT2D eigenvalue weighted by atomic mass is 32.2. The maximum Gasteiger partial charge on any atom is 0.269 e. The number of ketones is 2. The lowest BCUT2D eigenvalue weighted by Gasteiger charge is -2.37. The van der Waals surface area contributed by atoms with Gasteiger partial charge in [0.25, 0.3) is 5.69 Å². The summed E-state index contributed by atoms with van der Waals surface area (Å²) in [5.41, 5.74) is 8.13. The molecule has 1 unspecified atom stereocenters. The summed E-state index contributed by atoms with van der Waals surface area (Å²) in [5, 5.41) is 29.7. The maximum absolute atomic E-state index is 13.1. The van der Waals surface area contributed by atoms with Crippen LogP contribution in [0.2, 0.25) is 0 Å². The minimum Gasteiger partial charge on any atom is -0.465 e. The van der Waals surface area contributed by atoms with Crippen LogP contribution in [-0.4, -0.2) is 32.4 Å². The van der Waals surface area contributed by atoms with E-state index in [-0.39, 0.29) is 34.4 Å². The molecule has 0 saturated carbocycles. The van der Waals surface area contributed by atoms with Crippen LogP contribution in [0, 0.1) is 28.4 Å². The molecule has 0 spiro atoms. The molecule has 0 fully saturated rings. The van der Waals surface area contributed by atoms with Gasteiger partial charge in [-0.15, -0.1) is 10.2 Å². The summed E-state index contributed by atoms with van der Waals surface area (Å²) < 4.78 is 6.31. The molecule has 0 amide bonds. The zero-order chi connectivity index (χ0) is 27.0. The van der Waals surface area contributed by atoms with E-state index in [1.54, 1.807) is 24.0 Å². The number of anilines is 1. The third-order valence-corrected chi connectivity index (χ3v) is 8.31. The van der Waals surface area contributed by atoms with Crippen molar-refractivity contribution >= 4 is 45.5 Å². The van der Waals surface area contributed by atoms with Crippen LogP contribution in [0.15, 0.2) is 67.8 Å². The van der Waals surface area contributed by atoms with Gasteiger partial charge in [0.2, 0.25) is 5.13 Å². The minimum atomic E-state index is -0.686. The first kappa shape index (κ1) is 25.4. The summed E-state index contributed by atoms with van der Waals surface area (Å²) in [4.78, 5) is 37.6. The molecule has 1 aliphatic heterocycles. The number of nitro groups is 1. The lowest BCUT2D eigenvalue weighted by Crippen LogP contribution is -2.38. The number of hydrogen-bond donors (Lipinski definition) is 1. The number of nitriles is 1. The lowest BCUT2D eigenvalue weighted by molar-refractivity contribution is -0.384. The molecule has 0 saturated heterocycles. The zero-order valence-electron chi connectivity index (χ0n) is 20.0. The Balaban J connectivity index is 1.42. The Hall–Kier alpha value is -4.28. The van der Waals surface area contributed by atoms with Gasteiger partial charge in [-0.05, 0) is 44.0 Å². The summed E-state index contributed by atoms with van der Waals surface area (Å²) in [6, 6.07) is 11.1. The van der Waals surface area contributed by atoms with Gasteiger partial charge in [-0.25, -0.2) is 0 Å². The minimum absolute atomic E-state index is 0.0492. The number of nitro benzene ring substituents is 1. The second-order valence-electron chi connectivity index (χ2n) is 8.63. The highest BCUT2D eigenvalue weighted by molar-refractivity contribution is 8.01. The Labute approximate surface area is 224 Å². The molecule has 1 aromatic carbocycles. The van der Waals surface area contributed by atoms with Crippen LogP contribution in [0.5, 0.6) is 0 Å². The monoisotopic (exact) mass is 548 g/mol. The van der Waals surface area contributed by atoms with Crippen LogP contribution in [0.3, 0.4) is 0 Å². The summed E-state index contributed by atoms with van der Waals surface area (Å²) in [7, 11) is 0. The standard InChI is InChI=1S/C25H20N6O5S2/c1-13-5-10-20(36-13)21-16(11-26)23(27)30(17-3-2-4-18(32)22(17)21)24-28-29-25(38-24)37-12-19(33)14-6-8-15(9-7-14)31(34)35/h5-10,21H,2-4,12,27H2,1H3. The number of non-ortho nitro benzene ring substituents is 1. The van der Waals surface area contributed by atoms with Crippen molar-refractivity contribution in [2.45, 2.75) is 36.4 Å². The van der Waals surface area contributed by atoms with Crippen LogP contribution in [0.4, 0.5) is 10.8 Å². The molecule has 13 heteroatoms. The summed E-state index contributed by atoms with van der Waals surface area (Å²) in [6.45, 7) is 1.79. The fraction of sp³-hybridized carbons (Fsp3) is 0.240. The van der Waals surface area contributed by atoms with Gasteiger partial charge in [0.05, 0.1) is 28.2 Å². The van der Waals surface area contributed by atoms with E-state index in [0.717, 1.165) is 0 Å². The topological polar surface area (TPSA) is 169 Å². The van der Waals surface area contributed by atoms with Crippen molar-refractivity contribution < 1.29 is 18.9 Å². The van der Waals surface area contributed by atoms with Crippen molar-refractivity contribution in [2.24, 2.45) is 5.73 Å². The highest BCUT2D eigenvalue weighted by Crippen LogP contribution is 2.47. The first-order valence-electron chi connectivity index (χ1n) is 11.5. The van der Waals surface area contributed by atoms with E-state index in [4.69, 9.17) is 10.2 Å². The number of nitrogens with zero attached hydrogens (tertiary/aromatic N) is 5. The van der Waals surface area contributed by atoms with Crippen LogP contribution in [0.25, 0.3) is 0 Å². The average molecular weight is 549 g/mol. The molecule has 3 heterocycles. The molecular formula is C25H20N6O5S2. The predicted octanol–water partition coefficient (Wildman–Crippen LogP) is 4.63. The number of Topliss-reactive ketones (excluding diaryl/α,β-unsaturated/α-hetero) is 2. The molecule has 0 bridgehead atoms. The van der Waals surface area contributed by atoms with Crippen LogP contribution in [-0.2, 0) is 4.79 Å². The number of hydrogen-bond acceptors (Lipinski definition) is 12. The van der Waals surface area contributed by atoms with E-state index in [2.05, 4.69) is 16.3 Å². The van der Waals surface area contributed by atoms with E-state index >= 15 is 0 Å². The van der Waals surface area contributed by atoms with Crippen LogP contribution < -0.4 is 10.6 Å². The number of aromatic nitrogens is 2. The number of furan rings is 1. The number of nitrogens with two attached hydrogens (primary N) is 1. The van der Waals surface area contributed by atoms with Gasteiger partial charge in [-0.3, -0.25) is 24.6 Å². The second kappa shape index (κ2) is 10.2. The Morgan fingerprint density at radius 2 is 2.05 bits per heavy atom. The molecule has 1 aliphatic carbocycles. The summed E-state index contributed by atoms with van der Waals surface area (Å²) in [5.74, 6) is 0.394. The second-order valence-corrected chi connectivity index (χ2v) is 10.8. The first-order valence-corrected chi connectivity index (χ1v) is 13.3. The third kappa shape index (κ3) is 4.59. The van der Waals surface area contributed by atoms with E-state index in [1.165, 1.54) is 47.4 Å². The third-order valence-electron chi connectivity index (χ3n) is 6.27. The van der Waals surface area contributed by atoms with Gasteiger partial charge in [-0.1, -0.05) is 23.1 Å². The normalized spacial score (nSPS) is 17.4. The Morgan fingerprint density at radius 1 is 1.29 bits per heavy atom. The predicted molar refractivity (Wildman–Crippen MR) is 139 cm³/mol. The number of carbonyl (C=O) groups is 2. The van der Waals surface area contributed by atoms with E-state index in [1.807, 2.05) is 0 Å². The number of aryl methyl sites for hydroxylation is 1. The van der Waals surface area contributed by atoms with Gasteiger partial charge in [0.1, 0.15) is 17.3 Å². The Kier molecular flexibility index (Phi) is 6.83. The number of thioether (sulfide) groups is 1. The van der Waals surface area contributed by atoms with Gasteiger partial charge >= 0.3 is 0 Å². The molecule has 1 atom stereocenters. The van der Waals surface area contributed by atoms with Gasteiger partial charge in [0.15, 0.2) is 15.9 Å². The largest absolute Gasteiger partial charge is 0.465 e. The molecule has 5 rings (SSSR count). The van der Waals surface area contributed by atoms with Crippen molar-refractivity contribution in [3.63, 3.8) is 0 Å². The molecule has 2 N–H and O–H groups in total. The van der Waals surface area contributed by atoms with E-state index in [0.29, 0.717) is 57.1 Å². The smallest absolute Gasteiger partial charge is 0.269 e. The lowest BCUT2D eigenvalue weighted by atomic mass is 9.78. The quantitative estimate of drug-likeness (QED) is 0.189. The molecule has 0 radical (unpaired) electrons. The van der Waals surface area contributed by atoms with E-state index in [9.17, 15) is 25.0 Å². The molecular weight excluding hydrogens is 528 g/mol. The summed E-state index contributed by atoms with van der Waals surface area (Å²) >= 11 is 2.36. The van der Waals surface area contributed by atoms with Gasteiger partial charge < -0.3 is 10.2 Å². The van der Waals surface area contributed by atoms with Crippen molar-refractivity contribution in [1.82, 2.24) is 10.2 Å². The summed E-state index contributed by atoms with van der Waals surface area (Å²) in [6.07, 6.45) is 1.57. The highest BCUT2D eigenvalue weighted by Gasteiger charge is 2.42. The van der Waals surface area contributed by atoms with Gasteiger partial charge in [-0.2, -0.15) is 5.26 Å². The maximum atomic E-state index is 13.1. The van der Waals surface area contributed by atoms with E-state index < -0.39 is 10.8 Å². The SMILES string of the molecule is Cc1ccc(C2C(C#N)=C(N)N(c3nnc(SCC(=O)c4ccc([N+](=O)[O-])cc4)s3)C3=C2C(=O)CCC3)o1. The van der Waals surface area contributed by atoms with Crippen molar-refractivity contribution in [3.8, 4) is 6.07 Å². The molecule has 2 aliphatic rings.